The molecular weight excluding hydrogens is 366 g/mol. The summed E-state index contributed by atoms with van der Waals surface area (Å²) < 4.78 is 25.5. The molecule has 3 rings (SSSR count). The Morgan fingerprint density at radius 2 is 1.10 bits per heavy atom. The third-order valence-electron chi connectivity index (χ3n) is 6.93. The minimum absolute atomic E-state index is 0.218. The summed E-state index contributed by atoms with van der Waals surface area (Å²) in [5.41, 5.74) is 1.02. The molecule has 2 saturated heterocycles. The summed E-state index contributed by atoms with van der Waals surface area (Å²) in [6.45, 7) is 18.5. The maximum atomic E-state index is 9.79. The summed E-state index contributed by atoms with van der Waals surface area (Å²) in [5.74, 6) is 0.218. The molecule has 0 radical (unpaired) electrons. The molecule has 2 fully saturated rings. The molecule has 0 unspecified atom stereocenters. The lowest BCUT2D eigenvalue weighted by Gasteiger charge is -2.32. The van der Waals surface area contributed by atoms with Gasteiger partial charge in [-0.15, -0.1) is 0 Å². The van der Waals surface area contributed by atoms with Crippen LogP contribution >= 0.6 is 0 Å². The normalized spacial score (nSPS) is 25.3. The van der Waals surface area contributed by atoms with Crippen molar-refractivity contribution < 1.29 is 23.7 Å². The second-order valence-electron chi connectivity index (χ2n) is 10.0. The Labute approximate surface area is 176 Å². The fourth-order valence-electron chi connectivity index (χ4n) is 3.54. The van der Waals surface area contributed by atoms with Crippen LogP contribution < -0.4 is 0 Å². The van der Waals surface area contributed by atoms with Crippen LogP contribution in [-0.4, -0.2) is 41.7 Å². The van der Waals surface area contributed by atoms with Crippen LogP contribution in [0, 0.1) is 0 Å². The lowest BCUT2D eigenvalue weighted by atomic mass is 9.61. The first-order valence-electron chi connectivity index (χ1n) is 10.4. The molecular formula is C22H34B2O5. The standard InChI is InChI=1S/C22H34B2O5/c1-10-17(23-26-19(2,3)20(4,5)27-23)18(15-11-13-16(25)14-12-15)24-28-21(6,7)22(8,9)29-24/h11-14,25H,10H2,1-9H3/b18-17-. The van der Waals surface area contributed by atoms with Crippen LogP contribution in [0.15, 0.2) is 29.7 Å². The van der Waals surface area contributed by atoms with Crippen LogP contribution in [-0.2, 0) is 18.6 Å². The van der Waals surface area contributed by atoms with Gasteiger partial charge in [0, 0.05) is 0 Å². The zero-order valence-electron chi connectivity index (χ0n) is 19.3. The fourth-order valence-corrected chi connectivity index (χ4v) is 3.54. The molecule has 7 heteroatoms. The Morgan fingerprint density at radius 1 is 0.724 bits per heavy atom. The van der Waals surface area contributed by atoms with E-state index in [9.17, 15) is 5.11 Å². The van der Waals surface area contributed by atoms with Crippen LogP contribution in [0.5, 0.6) is 5.75 Å². The lowest BCUT2D eigenvalue weighted by molar-refractivity contribution is 0.00578. The predicted octanol–water partition coefficient (Wildman–Crippen LogP) is 4.82. The molecule has 5 nitrogen and oxygen atoms in total. The topological polar surface area (TPSA) is 57.2 Å². The van der Waals surface area contributed by atoms with Gasteiger partial charge in [-0.1, -0.05) is 19.1 Å². The summed E-state index contributed by atoms with van der Waals surface area (Å²) in [5, 5.41) is 9.79. The van der Waals surface area contributed by atoms with Crippen LogP contribution in [0.4, 0.5) is 0 Å². The summed E-state index contributed by atoms with van der Waals surface area (Å²) in [4.78, 5) is 0. The molecule has 2 heterocycles. The largest absolute Gasteiger partial charge is 0.508 e. The van der Waals surface area contributed by atoms with Crippen molar-refractivity contribution in [3.63, 3.8) is 0 Å². The number of hydrogen-bond acceptors (Lipinski definition) is 5. The monoisotopic (exact) mass is 400 g/mol. The number of rotatable bonds is 4. The van der Waals surface area contributed by atoms with Gasteiger partial charge >= 0.3 is 14.2 Å². The van der Waals surface area contributed by atoms with E-state index in [1.54, 1.807) is 12.1 Å². The number of aromatic hydroxyl groups is 1. The number of benzene rings is 1. The summed E-state index contributed by atoms with van der Waals surface area (Å²) in [6.07, 6.45) is 0.719. The highest BCUT2D eigenvalue weighted by molar-refractivity contribution is 6.74. The van der Waals surface area contributed by atoms with Gasteiger partial charge in [0.25, 0.3) is 0 Å². The zero-order valence-corrected chi connectivity index (χ0v) is 19.3. The van der Waals surface area contributed by atoms with Gasteiger partial charge in [-0.3, -0.25) is 0 Å². The average Bonchev–Trinajstić information content (AvgIpc) is 2.92. The molecule has 0 saturated carbocycles. The second-order valence-corrected chi connectivity index (χ2v) is 10.0. The number of phenols is 1. The van der Waals surface area contributed by atoms with Gasteiger partial charge in [0.2, 0.25) is 0 Å². The average molecular weight is 400 g/mol. The number of allylic oxidation sites excluding steroid dienone is 1. The molecule has 29 heavy (non-hydrogen) atoms. The molecule has 1 N–H and O–H groups in total. The Hall–Kier alpha value is -1.27. The molecule has 2 aliphatic rings. The van der Waals surface area contributed by atoms with E-state index in [0.717, 1.165) is 22.9 Å². The van der Waals surface area contributed by atoms with Crippen molar-refractivity contribution in [1.82, 2.24) is 0 Å². The summed E-state index contributed by atoms with van der Waals surface area (Å²) in [7, 11) is -1.05. The van der Waals surface area contributed by atoms with Crippen molar-refractivity contribution in [2.75, 3.05) is 0 Å². The van der Waals surface area contributed by atoms with Crippen LogP contribution in [0.1, 0.15) is 74.3 Å². The van der Waals surface area contributed by atoms with E-state index in [4.69, 9.17) is 18.6 Å². The van der Waals surface area contributed by atoms with Crippen LogP contribution in [0.3, 0.4) is 0 Å². The van der Waals surface area contributed by atoms with E-state index < -0.39 is 36.6 Å². The van der Waals surface area contributed by atoms with Crippen molar-refractivity contribution >= 4 is 19.7 Å². The molecule has 158 valence electrons. The van der Waals surface area contributed by atoms with E-state index in [2.05, 4.69) is 34.6 Å². The smallest absolute Gasteiger partial charge is 0.494 e. The molecule has 0 bridgehead atoms. The van der Waals surface area contributed by atoms with Gasteiger partial charge < -0.3 is 23.7 Å². The molecule has 0 aliphatic carbocycles. The first-order valence-corrected chi connectivity index (χ1v) is 10.4. The third-order valence-corrected chi connectivity index (χ3v) is 6.93. The third kappa shape index (κ3) is 3.90. The van der Waals surface area contributed by atoms with E-state index in [1.807, 2.05) is 39.8 Å². The second kappa shape index (κ2) is 7.16. The number of phenolic OH excluding ortho intramolecular Hbond substituents is 1. The first-order chi connectivity index (χ1) is 13.2. The van der Waals surface area contributed by atoms with Crippen LogP contribution in [0.25, 0.3) is 5.47 Å². The van der Waals surface area contributed by atoms with Crippen molar-refractivity contribution in [3.05, 3.63) is 35.3 Å². The SMILES string of the molecule is CC/C(B1OC(C)(C)C(C)(C)O1)=C(/B1OC(C)(C)C(C)(C)O1)c1ccc(O)cc1. The molecule has 1 aromatic rings. The highest BCUT2D eigenvalue weighted by atomic mass is 16.7. The Bertz CT molecular complexity index is 764. The van der Waals surface area contributed by atoms with E-state index >= 15 is 0 Å². The van der Waals surface area contributed by atoms with Gasteiger partial charge in [0.15, 0.2) is 0 Å². The first kappa shape index (κ1) is 22.4. The van der Waals surface area contributed by atoms with Gasteiger partial charge in [-0.2, -0.15) is 0 Å². The quantitative estimate of drug-likeness (QED) is 0.735. The van der Waals surface area contributed by atoms with Gasteiger partial charge in [0.1, 0.15) is 5.75 Å². The molecule has 0 atom stereocenters. The minimum Gasteiger partial charge on any atom is -0.508 e. The fraction of sp³-hybridized carbons (Fsp3) is 0.636. The van der Waals surface area contributed by atoms with E-state index in [0.29, 0.717) is 0 Å². The maximum Gasteiger partial charge on any atom is 0.494 e. The zero-order chi connectivity index (χ0) is 21.8. The van der Waals surface area contributed by atoms with Gasteiger partial charge in [-0.25, -0.2) is 0 Å². The Morgan fingerprint density at radius 3 is 1.48 bits per heavy atom. The summed E-state index contributed by atoms with van der Waals surface area (Å²) >= 11 is 0. The van der Waals surface area contributed by atoms with E-state index in [-0.39, 0.29) is 5.75 Å². The minimum atomic E-state index is -0.557. The molecule has 0 spiro atoms. The van der Waals surface area contributed by atoms with Crippen LogP contribution in [0.2, 0.25) is 0 Å². The number of hydrogen-bond donors (Lipinski definition) is 1. The molecule has 0 aromatic heterocycles. The van der Waals surface area contributed by atoms with Crippen molar-refractivity contribution in [2.45, 2.75) is 91.1 Å². The Balaban J connectivity index is 2.13. The van der Waals surface area contributed by atoms with Crippen molar-refractivity contribution in [3.8, 4) is 5.75 Å². The molecule has 2 aliphatic heterocycles. The molecule has 1 aromatic carbocycles. The Kier molecular flexibility index (Phi) is 5.53. The maximum absolute atomic E-state index is 9.79. The highest BCUT2D eigenvalue weighted by Gasteiger charge is 2.56. The molecule has 0 amide bonds. The van der Waals surface area contributed by atoms with Crippen molar-refractivity contribution in [2.24, 2.45) is 0 Å². The van der Waals surface area contributed by atoms with E-state index in [1.165, 1.54) is 0 Å². The summed E-state index contributed by atoms with van der Waals surface area (Å²) in [6, 6.07) is 7.13. The van der Waals surface area contributed by atoms with Gasteiger partial charge in [0.05, 0.1) is 22.4 Å². The van der Waals surface area contributed by atoms with Gasteiger partial charge in [-0.05, 0) is 90.5 Å². The lowest BCUT2D eigenvalue weighted by Crippen LogP contribution is -2.41. The highest BCUT2D eigenvalue weighted by Crippen LogP contribution is 2.45. The predicted molar refractivity (Wildman–Crippen MR) is 117 cm³/mol. The van der Waals surface area contributed by atoms with Crippen molar-refractivity contribution in [1.29, 1.82) is 0 Å².